The van der Waals surface area contributed by atoms with E-state index in [4.69, 9.17) is 26.1 Å². The first-order valence-corrected chi connectivity index (χ1v) is 17.5. The van der Waals surface area contributed by atoms with E-state index in [1.54, 1.807) is 31.2 Å². The van der Waals surface area contributed by atoms with Crippen LogP contribution in [0.4, 0.5) is 4.39 Å². The summed E-state index contributed by atoms with van der Waals surface area (Å²) in [6.45, 7) is 2.14. The highest BCUT2D eigenvalue weighted by atomic mass is 127. The number of thiazole rings is 1. The summed E-state index contributed by atoms with van der Waals surface area (Å²) < 4.78 is 29.6. The number of rotatable bonds is 8. The number of benzene rings is 4. The molecule has 6 rings (SSSR count). The zero-order valence-electron chi connectivity index (χ0n) is 24.2. The van der Waals surface area contributed by atoms with Crippen LogP contribution in [0.2, 0.25) is 5.02 Å². The van der Waals surface area contributed by atoms with E-state index in [9.17, 15) is 14.0 Å². The van der Waals surface area contributed by atoms with Gasteiger partial charge in [0.1, 0.15) is 18.2 Å². The average Bonchev–Trinajstić information content (AvgIpc) is 3.35. The van der Waals surface area contributed by atoms with Crippen LogP contribution in [0.25, 0.3) is 11.8 Å². The smallest absolute Gasteiger partial charge is 0.338 e. The molecule has 2 heterocycles. The van der Waals surface area contributed by atoms with Gasteiger partial charge in [0.15, 0.2) is 4.80 Å². The Morgan fingerprint density at radius 1 is 1.04 bits per heavy atom. The van der Waals surface area contributed by atoms with Gasteiger partial charge in [-0.05, 0) is 106 Å². The van der Waals surface area contributed by atoms with Crippen molar-refractivity contribution in [3.05, 3.63) is 156 Å². The summed E-state index contributed by atoms with van der Waals surface area (Å²) >= 11 is 11.9. The molecule has 1 atom stereocenters. The first-order valence-electron chi connectivity index (χ1n) is 14.1. The summed E-state index contributed by atoms with van der Waals surface area (Å²) in [5.41, 5.74) is 3.13. The van der Waals surface area contributed by atoms with Crippen LogP contribution in [-0.2, 0) is 16.1 Å². The van der Waals surface area contributed by atoms with E-state index in [-0.39, 0.29) is 24.3 Å². The molecule has 0 amide bonds. The Kier molecular flexibility index (Phi) is 10.1. The quantitative estimate of drug-likeness (QED) is 0.120. The molecule has 11 heteroatoms. The molecule has 1 aromatic heterocycles. The number of hydrogen-bond acceptors (Lipinski definition) is 6. The Balaban J connectivity index is 1.56. The van der Waals surface area contributed by atoms with Gasteiger partial charge in [0.2, 0.25) is 0 Å². The van der Waals surface area contributed by atoms with Crippen molar-refractivity contribution < 1.29 is 18.7 Å². The second-order valence-corrected chi connectivity index (χ2v) is 14.1. The predicted molar refractivity (Wildman–Crippen MR) is 195 cm³/mol. The normalized spacial score (nSPS) is 14.5. The van der Waals surface area contributed by atoms with Crippen LogP contribution in [0.1, 0.15) is 35.2 Å². The van der Waals surface area contributed by atoms with Crippen molar-refractivity contribution in [2.75, 3.05) is 6.61 Å². The van der Waals surface area contributed by atoms with Gasteiger partial charge in [-0.25, -0.2) is 14.2 Å². The van der Waals surface area contributed by atoms with Crippen molar-refractivity contribution in [3.8, 4) is 5.75 Å². The van der Waals surface area contributed by atoms with E-state index >= 15 is 0 Å². The highest BCUT2D eigenvalue weighted by Gasteiger charge is 2.35. The fourth-order valence-corrected chi connectivity index (χ4v) is 8.41. The van der Waals surface area contributed by atoms with E-state index in [0.717, 1.165) is 18.3 Å². The van der Waals surface area contributed by atoms with Crippen LogP contribution in [0, 0.1) is 13.0 Å². The molecule has 6 nitrogen and oxygen atoms in total. The molecule has 1 aliphatic rings. The fourth-order valence-electron chi connectivity index (χ4n) is 5.16. The Bertz CT molecular complexity index is 2170. The maximum atomic E-state index is 14.3. The third-order valence-electron chi connectivity index (χ3n) is 7.16. The SMILES string of the molecule is CCOC(=O)C1=C(c2ccccc2)N=c2s/c(=C\c3cc(I)cc(I)c3OCc3cccc(Cl)c3)c(=O)n2[C@@H]1c1ccc(F)cc1. The number of halogens is 4. The molecular weight excluding hydrogens is 853 g/mol. The monoisotopic (exact) mass is 876 g/mol. The summed E-state index contributed by atoms with van der Waals surface area (Å²) in [5, 5.41) is 0.618. The van der Waals surface area contributed by atoms with Gasteiger partial charge in [0.05, 0.1) is 32.0 Å². The third-order valence-corrected chi connectivity index (χ3v) is 9.80. The van der Waals surface area contributed by atoms with Gasteiger partial charge in [0.25, 0.3) is 5.56 Å². The standard InChI is InChI=1S/C35H24ClFI2N2O4S/c1-2-44-34(43)29-30(21-8-4-3-5-9-21)40-35-41(31(29)22-11-13-25(37)14-12-22)33(42)28(46-35)17-23-16-26(38)18-27(39)32(23)45-19-20-7-6-10-24(36)15-20/h3-18,31H,2,19H2,1H3/b28-17-/t31-/m1/s1. The maximum absolute atomic E-state index is 14.3. The third kappa shape index (κ3) is 6.85. The van der Waals surface area contributed by atoms with Crippen LogP contribution < -0.4 is 19.6 Å². The first kappa shape index (κ1) is 32.6. The lowest BCUT2D eigenvalue weighted by Gasteiger charge is -2.25. The first-order chi connectivity index (χ1) is 22.2. The van der Waals surface area contributed by atoms with Crippen molar-refractivity contribution in [1.29, 1.82) is 0 Å². The van der Waals surface area contributed by atoms with E-state index in [1.807, 2.05) is 60.7 Å². The molecular formula is C35H24ClFI2N2O4S. The van der Waals surface area contributed by atoms with Crippen LogP contribution in [-0.4, -0.2) is 17.1 Å². The largest absolute Gasteiger partial charge is 0.487 e. The van der Waals surface area contributed by atoms with Crippen molar-refractivity contribution in [1.82, 2.24) is 4.57 Å². The number of nitrogens with zero attached hydrogens (tertiary/aromatic N) is 2. The summed E-state index contributed by atoms with van der Waals surface area (Å²) in [6.07, 6.45) is 1.79. The molecule has 0 saturated heterocycles. The lowest BCUT2D eigenvalue weighted by atomic mass is 9.93. The number of esters is 1. The Labute approximate surface area is 300 Å². The van der Waals surface area contributed by atoms with Crippen LogP contribution in [0.5, 0.6) is 5.75 Å². The predicted octanol–water partition coefficient (Wildman–Crippen LogP) is 7.52. The fraction of sp³-hybridized carbons (Fsp3) is 0.114. The van der Waals surface area contributed by atoms with E-state index < -0.39 is 17.8 Å². The molecule has 0 unspecified atom stereocenters. The summed E-state index contributed by atoms with van der Waals surface area (Å²) in [7, 11) is 0. The number of ether oxygens (including phenoxy) is 2. The Morgan fingerprint density at radius 3 is 2.52 bits per heavy atom. The van der Waals surface area contributed by atoms with Gasteiger partial charge in [-0.3, -0.25) is 9.36 Å². The molecule has 232 valence electrons. The molecule has 46 heavy (non-hydrogen) atoms. The number of carbonyl (C=O) groups is 1. The number of aromatic nitrogens is 1. The topological polar surface area (TPSA) is 69.9 Å². The van der Waals surface area contributed by atoms with Gasteiger partial charge in [-0.2, -0.15) is 0 Å². The van der Waals surface area contributed by atoms with Gasteiger partial charge in [-0.15, -0.1) is 0 Å². The van der Waals surface area contributed by atoms with Crippen LogP contribution in [0.15, 0.2) is 106 Å². The van der Waals surface area contributed by atoms with Crippen molar-refractivity contribution >= 4 is 85.9 Å². The van der Waals surface area contributed by atoms with Gasteiger partial charge >= 0.3 is 5.97 Å². The number of hydrogen-bond donors (Lipinski definition) is 0. The number of fused-ring (bicyclic) bond motifs is 1. The van der Waals surface area contributed by atoms with Gasteiger partial charge < -0.3 is 9.47 Å². The Morgan fingerprint density at radius 2 is 1.80 bits per heavy atom. The minimum absolute atomic E-state index is 0.133. The zero-order chi connectivity index (χ0) is 32.4. The molecule has 0 aliphatic carbocycles. The van der Waals surface area contributed by atoms with E-state index in [1.165, 1.54) is 28.0 Å². The zero-order valence-corrected chi connectivity index (χ0v) is 30.1. The summed E-state index contributed by atoms with van der Waals surface area (Å²) in [5.74, 6) is -0.406. The minimum atomic E-state index is -0.900. The van der Waals surface area contributed by atoms with Gasteiger partial charge in [-0.1, -0.05) is 77.5 Å². The van der Waals surface area contributed by atoms with E-state index in [2.05, 4.69) is 45.2 Å². The molecule has 5 aromatic rings. The summed E-state index contributed by atoms with van der Waals surface area (Å²) in [6, 6.07) is 25.6. The van der Waals surface area contributed by atoms with Gasteiger partial charge in [0, 0.05) is 19.7 Å². The molecule has 0 fully saturated rings. The maximum Gasteiger partial charge on any atom is 0.338 e. The van der Waals surface area contributed by atoms with Crippen molar-refractivity contribution in [2.45, 2.75) is 19.6 Å². The van der Waals surface area contributed by atoms with Crippen LogP contribution in [0.3, 0.4) is 0 Å². The molecule has 0 bridgehead atoms. The van der Waals surface area contributed by atoms with Crippen molar-refractivity contribution in [2.24, 2.45) is 4.99 Å². The van der Waals surface area contributed by atoms with E-state index in [0.29, 0.717) is 36.9 Å². The molecule has 0 saturated carbocycles. The highest BCUT2D eigenvalue weighted by Crippen LogP contribution is 2.35. The lowest BCUT2D eigenvalue weighted by molar-refractivity contribution is -0.138. The molecule has 0 radical (unpaired) electrons. The molecule has 0 spiro atoms. The highest BCUT2D eigenvalue weighted by molar-refractivity contribution is 14.1. The second kappa shape index (κ2) is 14.2. The van der Waals surface area contributed by atoms with Crippen LogP contribution >= 0.6 is 68.1 Å². The number of carbonyl (C=O) groups excluding carboxylic acids is 1. The summed E-state index contributed by atoms with van der Waals surface area (Å²) in [4.78, 5) is 33.2. The lowest BCUT2D eigenvalue weighted by Crippen LogP contribution is -2.40. The Hall–Kier alpha value is -3.33. The molecule has 0 N–H and O–H groups in total. The minimum Gasteiger partial charge on any atom is -0.487 e. The second-order valence-electron chi connectivity index (χ2n) is 10.2. The molecule has 4 aromatic carbocycles. The van der Waals surface area contributed by atoms with Crippen molar-refractivity contribution in [3.63, 3.8) is 0 Å². The average molecular weight is 877 g/mol. The molecule has 1 aliphatic heterocycles.